The van der Waals surface area contributed by atoms with Gasteiger partial charge in [-0.3, -0.25) is 0 Å². The number of rotatable bonds is 5. The van der Waals surface area contributed by atoms with Gasteiger partial charge in [-0.1, -0.05) is 6.92 Å². The monoisotopic (exact) mass is 219 g/mol. The second kappa shape index (κ2) is 5.47. The fraction of sp³-hybridized carbons (Fsp3) is 0.500. The molecular formula is C12H17N3O. The molecule has 0 radical (unpaired) electrons. The summed E-state index contributed by atoms with van der Waals surface area (Å²) >= 11 is 0. The zero-order chi connectivity index (χ0) is 12.0. The number of aliphatic hydroxyl groups is 1. The van der Waals surface area contributed by atoms with Crippen molar-refractivity contribution in [1.29, 1.82) is 5.26 Å². The zero-order valence-electron chi connectivity index (χ0n) is 9.70. The lowest BCUT2D eigenvalue weighted by Gasteiger charge is -2.30. The third-order valence-corrected chi connectivity index (χ3v) is 2.79. The fourth-order valence-electron chi connectivity index (χ4n) is 1.49. The molecule has 16 heavy (non-hydrogen) atoms. The van der Waals surface area contributed by atoms with Crippen molar-refractivity contribution in [2.75, 3.05) is 11.9 Å². The number of nitrogens with one attached hydrogen (secondary N) is 1. The predicted molar refractivity (Wildman–Crippen MR) is 63.0 cm³/mol. The summed E-state index contributed by atoms with van der Waals surface area (Å²) in [6, 6.07) is 5.67. The minimum atomic E-state index is -0.205. The molecule has 4 heteroatoms. The molecule has 1 aromatic rings. The third-order valence-electron chi connectivity index (χ3n) is 2.79. The second-order valence-electron chi connectivity index (χ2n) is 4.02. The number of pyridine rings is 1. The number of aliphatic hydroxyl groups excluding tert-OH is 1. The highest BCUT2D eigenvalue weighted by atomic mass is 16.3. The second-order valence-corrected chi connectivity index (χ2v) is 4.02. The molecular weight excluding hydrogens is 202 g/mol. The van der Waals surface area contributed by atoms with E-state index in [4.69, 9.17) is 10.4 Å². The van der Waals surface area contributed by atoms with Crippen LogP contribution in [0, 0.1) is 11.3 Å². The van der Waals surface area contributed by atoms with Crippen molar-refractivity contribution in [3.8, 4) is 6.07 Å². The van der Waals surface area contributed by atoms with Crippen LogP contribution in [0.25, 0.3) is 0 Å². The average molecular weight is 219 g/mol. The average Bonchev–Trinajstić information content (AvgIpc) is 2.30. The van der Waals surface area contributed by atoms with Gasteiger partial charge in [0.1, 0.15) is 6.07 Å². The molecule has 0 saturated carbocycles. The Bertz CT molecular complexity index is 386. The number of aromatic nitrogens is 1. The smallest absolute Gasteiger partial charge is 0.163 e. The first-order valence-corrected chi connectivity index (χ1v) is 5.39. The molecule has 0 spiro atoms. The molecule has 0 aliphatic heterocycles. The molecule has 0 fully saturated rings. The van der Waals surface area contributed by atoms with Gasteiger partial charge in [0.25, 0.3) is 0 Å². The molecule has 4 nitrogen and oxygen atoms in total. The minimum absolute atomic E-state index is 0.124. The Hall–Kier alpha value is -1.60. The number of hydrogen-bond donors (Lipinski definition) is 2. The Labute approximate surface area is 95.9 Å². The molecule has 2 N–H and O–H groups in total. The van der Waals surface area contributed by atoms with Crippen LogP contribution in [0.4, 0.5) is 5.69 Å². The van der Waals surface area contributed by atoms with Crippen LogP contribution in [0.15, 0.2) is 18.3 Å². The molecule has 1 rings (SSSR count). The van der Waals surface area contributed by atoms with Crippen molar-refractivity contribution in [2.45, 2.75) is 32.2 Å². The summed E-state index contributed by atoms with van der Waals surface area (Å²) in [6.45, 7) is 4.20. The van der Waals surface area contributed by atoms with Crippen molar-refractivity contribution in [3.05, 3.63) is 24.0 Å². The molecule has 0 aromatic carbocycles. The van der Waals surface area contributed by atoms with Gasteiger partial charge in [-0.15, -0.1) is 0 Å². The highest BCUT2D eigenvalue weighted by molar-refractivity contribution is 5.54. The van der Waals surface area contributed by atoms with E-state index in [2.05, 4.69) is 10.3 Å². The van der Waals surface area contributed by atoms with Gasteiger partial charge < -0.3 is 10.4 Å². The molecule has 0 aliphatic rings. The molecule has 1 aromatic heterocycles. The largest absolute Gasteiger partial charge is 0.396 e. The van der Waals surface area contributed by atoms with Gasteiger partial charge in [0, 0.05) is 18.3 Å². The lowest BCUT2D eigenvalue weighted by Crippen LogP contribution is -2.35. The van der Waals surface area contributed by atoms with Crippen molar-refractivity contribution in [3.63, 3.8) is 0 Å². The predicted octanol–water partition coefficient (Wildman–Crippen LogP) is 1.92. The summed E-state index contributed by atoms with van der Waals surface area (Å²) in [6.07, 6.45) is 3.11. The van der Waals surface area contributed by atoms with Gasteiger partial charge >= 0.3 is 0 Å². The Morgan fingerprint density at radius 3 is 2.94 bits per heavy atom. The first-order valence-electron chi connectivity index (χ1n) is 5.39. The van der Waals surface area contributed by atoms with Crippen molar-refractivity contribution in [2.24, 2.45) is 0 Å². The maximum absolute atomic E-state index is 9.02. The molecule has 0 bridgehead atoms. The normalized spacial score (nSPS) is 13.9. The van der Waals surface area contributed by atoms with E-state index in [-0.39, 0.29) is 12.1 Å². The number of nitrogens with zero attached hydrogens (tertiary/aromatic N) is 2. The molecule has 1 atom stereocenters. The van der Waals surface area contributed by atoms with E-state index in [1.807, 2.05) is 26.0 Å². The SMILES string of the molecule is CCC(C)(CCO)Nc1cccnc1C#N. The van der Waals surface area contributed by atoms with E-state index in [9.17, 15) is 0 Å². The van der Waals surface area contributed by atoms with E-state index < -0.39 is 0 Å². The van der Waals surface area contributed by atoms with Crippen LogP contribution < -0.4 is 5.32 Å². The van der Waals surface area contributed by atoms with Crippen molar-refractivity contribution < 1.29 is 5.11 Å². The van der Waals surface area contributed by atoms with E-state index >= 15 is 0 Å². The maximum Gasteiger partial charge on any atom is 0.163 e. The number of nitriles is 1. The Morgan fingerprint density at radius 2 is 2.38 bits per heavy atom. The number of anilines is 1. The summed E-state index contributed by atoms with van der Waals surface area (Å²) in [7, 11) is 0. The van der Waals surface area contributed by atoms with E-state index in [1.165, 1.54) is 0 Å². The zero-order valence-corrected chi connectivity index (χ0v) is 9.70. The summed E-state index contributed by atoms with van der Waals surface area (Å²) in [5.41, 5.74) is 0.909. The number of hydrogen-bond acceptors (Lipinski definition) is 4. The summed E-state index contributed by atoms with van der Waals surface area (Å²) in [4.78, 5) is 3.99. The molecule has 86 valence electrons. The lowest BCUT2D eigenvalue weighted by atomic mass is 9.94. The van der Waals surface area contributed by atoms with Gasteiger partial charge in [-0.2, -0.15) is 5.26 Å². The van der Waals surface area contributed by atoms with E-state index in [0.717, 1.165) is 12.1 Å². The first-order chi connectivity index (χ1) is 7.65. The maximum atomic E-state index is 9.02. The Morgan fingerprint density at radius 1 is 1.62 bits per heavy atom. The summed E-state index contributed by atoms with van der Waals surface area (Å²) in [5.74, 6) is 0. The van der Waals surface area contributed by atoms with Crippen LogP contribution in [0.5, 0.6) is 0 Å². The van der Waals surface area contributed by atoms with Crippen molar-refractivity contribution >= 4 is 5.69 Å². The van der Waals surface area contributed by atoms with Crippen LogP contribution in [0.1, 0.15) is 32.4 Å². The van der Waals surface area contributed by atoms with Gasteiger partial charge in [0.2, 0.25) is 0 Å². The Balaban J connectivity index is 2.90. The van der Waals surface area contributed by atoms with Crippen LogP contribution in [-0.4, -0.2) is 22.2 Å². The Kier molecular flexibility index (Phi) is 4.27. The van der Waals surface area contributed by atoms with Crippen LogP contribution in [-0.2, 0) is 0 Å². The molecule has 1 unspecified atom stereocenters. The molecule has 0 amide bonds. The summed E-state index contributed by atoms with van der Waals surface area (Å²) < 4.78 is 0. The van der Waals surface area contributed by atoms with Gasteiger partial charge in [0.15, 0.2) is 5.69 Å². The van der Waals surface area contributed by atoms with Crippen LogP contribution in [0.3, 0.4) is 0 Å². The minimum Gasteiger partial charge on any atom is -0.396 e. The van der Waals surface area contributed by atoms with Gasteiger partial charge in [-0.25, -0.2) is 4.98 Å². The fourth-order valence-corrected chi connectivity index (χ4v) is 1.49. The standard InChI is InChI=1S/C12H17N3O/c1-3-12(2,6-8-16)15-10-5-4-7-14-11(10)9-13/h4-5,7,15-16H,3,6,8H2,1-2H3. The summed E-state index contributed by atoms with van der Waals surface area (Å²) in [5, 5.41) is 21.2. The van der Waals surface area contributed by atoms with Crippen molar-refractivity contribution in [1.82, 2.24) is 4.98 Å². The topological polar surface area (TPSA) is 68.9 Å². The van der Waals surface area contributed by atoms with E-state index in [1.54, 1.807) is 12.3 Å². The highest BCUT2D eigenvalue weighted by Crippen LogP contribution is 2.22. The lowest BCUT2D eigenvalue weighted by molar-refractivity contribution is 0.252. The highest BCUT2D eigenvalue weighted by Gasteiger charge is 2.22. The molecule has 0 saturated heterocycles. The molecule has 1 heterocycles. The molecule has 0 aliphatic carbocycles. The van der Waals surface area contributed by atoms with Crippen LogP contribution in [0.2, 0.25) is 0 Å². The quantitative estimate of drug-likeness (QED) is 0.793. The first kappa shape index (κ1) is 12.5. The van der Waals surface area contributed by atoms with Gasteiger partial charge in [-0.05, 0) is 31.9 Å². The third kappa shape index (κ3) is 2.94. The van der Waals surface area contributed by atoms with Gasteiger partial charge in [0.05, 0.1) is 5.69 Å². The van der Waals surface area contributed by atoms with Crippen LogP contribution >= 0.6 is 0 Å². The van der Waals surface area contributed by atoms with E-state index in [0.29, 0.717) is 12.1 Å².